The Kier molecular flexibility index (Phi) is 5.86. The highest BCUT2D eigenvalue weighted by Crippen LogP contribution is 2.33. The summed E-state index contributed by atoms with van der Waals surface area (Å²) in [7, 11) is 0. The number of carbonyl (C=O) groups is 2. The lowest BCUT2D eigenvalue weighted by Crippen LogP contribution is -2.08. The molecule has 0 radical (unpaired) electrons. The van der Waals surface area contributed by atoms with Gasteiger partial charge in [0.05, 0.1) is 5.56 Å². The average Bonchev–Trinajstić information content (AvgIpc) is 3.05. The van der Waals surface area contributed by atoms with Crippen LogP contribution in [0.15, 0.2) is 60.0 Å². The van der Waals surface area contributed by atoms with Gasteiger partial charge in [0.15, 0.2) is 0 Å². The van der Waals surface area contributed by atoms with E-state index in [1.807, 2.05) is 30.3 Å². The third kappa shape index (κ3) is 4.40. The number of hydrogen-bond acceptors (Lipinski definition) is 3. The van der Waals surface area contributed by atoms with E-state index >= 15 is 0 Å². The van der Waals surface area contributed by atoms with E-state index in [-0.39, 0.29) is 17.8 Å². The van der Waals surface area contributed by atoms with Crippen LogP contribution in [0, 0.1) is 0 Å². The molecule has 0 aliphatic carbocycles. The molecule has 1 aromatic heterocycles. The molecular weight excluding hydrogens is 368 g/mol. The minimum Gasteiger partial charge on any atom is -0.478 e. The van der Waals surface area contributed by atoms with Crippen molar-refractivity contribution in [2.75, 3.05) is 0 Å². The molecule has 1 N–H and O–H groups in total. The average molecular weight is 385 g/mol. The third-order valence-corrected chi connectivity index (χ3v) is 5.37. The molecule has 0 aliphatic heterocycles. The summed E-state index contributed by atoms with van der Waals surface area (Å²) >= 11 is 7.22. The van der Waals surface area contributed by atoms with Gasteiger partial charge in [-0.15, -0.1) is 11.3 Å². The summed E-state index contributed by atoms with van der Waals surface area (Å²) in [4.78, 5) is 24.7. The van der Waals surface area contributed by atoms with E-state index in [1.54, 1.807) is 29.6 Å². The SMILES string of the molecule is O=C(CCc1ccccc1)Cc1scc(-c2ccc(Cl)cc2)c1C(=O)O. The summed E-state index contributed by atoms with van der Waals surface area (Å²) in [6, 6.07) is 16.8. The summed E-state index contributed by atoms with van der Waals surface area (Å²) in [5, 5.41) is 12.0. The molecule has 0 bridgehead atoms. The second-order valence-electron chi connectivity index (χ2n) is 5.96. The van der Waals surface area contributed by atoms with Crippen LogP contribution in [-0.2, 0) is 17.6 Å². The molecule has 0 saturated carbocycles. The lowest BCUT2D eigenvalue weighted by Gasteiger charge is -2.05. The highest BCUT2D eigenvalue weighted by molar-refractivity contribution is 7.11. The van der Waals surface area contributed by atoms with Gasteiger partial charge in [-0.3, -0.25) is 4.79 Å². The molecule has 132 valence electrons. The first-order chi connectivity index (χ1) is 12.5. The van der Waals surface area contributed by atoms with Gasteiger partial charge in [-0.05, 0) is 35.1 Å². The molecule has 1 heterocycles. The number of aromatic carboxylic acids is 1. The van der Waals surface area contributed by atoms with Crippen molar-refractivity contribution in [1.82, 2.24) is 0 Å². The van der Waals surface area contributed by atoms with Gasteiger partial charge in [-0.25, -0.2) is 4.79 Å². The van der Waals surface area contributed by atoms with Crippen LogP contribution in [0.2, 0.25) is 5.02 Å². The van der Waals surface area contributed by atoms with Gasteiger partial charge in [0.25, 0.3) is 0 Å². The summed E-state index contributed by atoms with van der Waals surface area (Å²) < 4.78 is 0. The number of hydrogen-bond donors (Lipinski definition) is 1. The minimum atomic E-state index is -1.01. The van der Waals surface area contributed by atoms with Gasteiger partial charge >= 0.3 is 5.97 Å². The zero-order valence-corrected chi connectivity index (χ0v) is 15.5. The monoisotopic (exact) mass is 384 g/mol. The van der Waals surface area contributed by atoms with Crippen molar-refractivity contribution < 1.29 is 14.7 Å². The zero-order valence-electron chi connectivity index (χ0n) is 13.9. The van der Waals surface area contributed by atoms with Crippen molar-refractivity contribution in [3.05, 3.63) is 81.0 Å². The fourth-order valence-corrected chi connectivity index (χ4v) is 4.00. The fourth-order valence-electron chi connectivity index (χ4n) is 2.80. The maximum atomic E-state index is 12.3. The molecule has 0 fully saturated rings. The van der Waals surface area contributed by atoms with Crippen molar-refractivity contribution in [3.8, 4) is 11.1 Å². The largest absolute Gasteiger partial charge is 0.478 e. The number of thiophene rings is 1. The fraction of sp³-hybridized carbons (Fsp3) is 0.143. The van der Waals surface area contributed by atoms with Crippen molar-refractivity contribution in [3.63, 3.8) is 0 Å². The van der Waals surface area contributed by atoms with E-state index in [1.165, 1.54) is 11.3 Å². The molecule has 3 rings (SSSR count). The highest BCUT2D eigenvalue weighted by Gasteiger charge is 2.21. The van der Waals surface area contributed by atoms with Crippen LogP contribution in [0.5, 0.6) is 0 Å². The van der Waals surface area contributed by atoms with Gasteiger partial charge in [0.1, 0.15) is 5.78 Å². The number of carbonyl (C=O) groups excluding carboxylic acids is 1. The van der Waals surface area contributed by atoms with Crippen LogP contribution in [0.4, 0.5) is 0 Å². The normalized spacial score (nSPS) is 10.7. The first kappa shape index (κ1) is 18.4. The van der Waals surface area contributed by atoms with Crippen molar-refractivity contribution in [1.29, 1.82) is 0 Å². The topological polar surface area (TPSA) is 54.4 Å². The van der Waals surface area contributed by atoms with Crippen LogP contribution < -0.4 is 0 Å². The molecular formula is C21H17ClO3S. The number of Topliss-reactive ketones (excluding diaryl/α,β-unsaturated/α-hetero) is 1. The summed E-state index contributed by atoms with van der Waals surface area (Å²) in [5.74, 6) is -0.970. The minimum absolute atomic E-state index is 0.0425. The van der Waals surface area contributed by atoms with Crippen LogP contribution in [0.25, 0.3) is 11.1 Å². The molecule has 0 unspecified atom stereocenters. The van der Waals surface area contributed by atoms with Crippen molar-refractivity contribution in [2.24, 2.45) is 0 Å². The van der Waals surface area contributed by atoms with Crippen molar-refractivity contribution >= 4 is 34.7 Å². The maximum Gasteiger partial charge on any atom is 0.337 e. The standard InChI is InChI=1S/C21H17ClO3S/c22-16-9-7-15(8-10-16)18-13-26-19(20(18)21(24)25)12-17(23)11-6-14-4-2-1-3-5-14/h1-5,7-10,13H,6,11-12H2,(H,24,25). The number of ketones is 1. The van der Waals surface area contributed by atoms with Gasteiger partial charge < -0.3 is 5.11 Å². The molecule has 0 spiro atoms. The van der Waals surface area contributed by atoms with Crippen molar-refractivity contribution in [2.45, 2.75) is 19.3 Å². The predicted molar refractivity (Wildman–Crippen MR) is 105 cm³/mol. The third-order valence-electron chi connectivity index (χ3n) is 4.13. The highest BCUT2D eigenvalue weighted by atomic mass is 35.5. The summed E-state index contributed by atoms with van der Waals surface area (Å²) in [5.41, 5.74) is 2.73. The van der Waals surface area contributed by atoms with Gasteiger partial charge in [0, 0.05) is 28.3 Å². The number of carboxylic acids is 1. The smallest absolute Gasteiger partial charge is 0.337 e. The number of aryl methyl sites for hydroxylation is 1. The Labute approximate surface area is 160 Å². The Morgan fingerprint density at radius 1 is 1.00 bits per heavy atom. The quantitative estimate of drug-likeness (QED) is 0.584. The van der Waals surface area contributed by atoms with Gasteiger partial charge in [-0.2, -0.15) is 0 Å². The van der Waals surface area contributed by atoms with Crippen LogP contribution in [-0.4, -0.2) is 16.9 Å². The Hall–Kier alpha value is -2.43. The lowest BCUT2D eigenvalue weighted by molar-refractivity contribution is -0.118. The number of benzene rings is 2. The second kappa shape index (κ2) is 8.30. The molecule has 0 saturated heterocycles. The van der Waals surface area contributed by atoms with Gasteiger partial charge in [-0.1, -0.05) is 54.1 Å². The summed E-state index contributed by atoms with van der Waals surface area (Å²) in [6.45, 7) is 0. The van der Waals surface area contributed by atoms with E-state index in [2.05, 4.69) is 0 Å². The Morgan fingerprint density at radius 3 is 2.35 bits per heavy atom. The molecule has 0 amide bonds. The Bertz CT molecular complexity index is 914. The molecule has 0 atom stereocenters. The summed E-state index contributed by atoms with van der Waals surface area (Å²) in [6.07, 6.45) is 1.21. The zero-order chi connectivity index (χ0) is 18.5. The van der Waals surface area contributed by atoms with Crippen LogP contribution in [0.3, 0.4) is 0 Å². The molecule has 3 nitrogen and oxygen atoms in total. The van der Waals surface area contributed by atoms with E-state index in [0.29, 0.717) is 28.3 Å². The Morgan fingerprint density at radius 2 is 1.69 bits per heavy atom. The van der Waals surface area contributed by atoms with Crippen LogP contribution in [0.1, 0.15) is 27.2 Å². The van der Waals surface area contributed by atoms with Crippen LogP contribution >= 0.6 is 22.9 Å². The van der Waals surface area contributed by atoms with E-state index in [4.69, 9.17) is 11.6 Å². The first-order valence-corrected chi connectivity index (χ1v) is 9.45. The molecule has 2 aromatic carbocycles. The molecule has 3 aromatic rings. The molecule has 0 aliphatic rings. The first-order valence-electron chi connectivity index (χ1n) is 8.20. The number of halogens is 1. The number of rotatable bonds is 7. The lowest BCUT2D eigenvalue weighted by atomic mass is 10.00. The second-order valence-corrected chi connectivity index (χ2v) is 7.36. The van der Waals surface area contributed by atoms with E-state index in [9.17, 15) is 14.7 Å². The Balaban J connectivity index is 1.76. The molecule has 26 heavy (non-hydrogen) atoms. The van der Waals surface area contributed by atoms with E-state index < -0.39 is 5.97 Å². The molecule has 5 heteroatoms. The van der Waals surface area contributed by atoms with E-state index in [0.717, 1.165) is 11.1 Å². The number of carboxylic acid groups (broad SMARTS) is 1. The van der Waals surface area contributed by atoms with Gasteiger partial charge in [0.2, 0.25) is 0 Å². The predicted octanol–water partition coefficient (Wildman–Crippen LogP) is 5.51. The maximum absolute atomic E-state index is 12.3.